The maximum atomic E-state index is 5.78. The number of pyridine rings is 1. The maximum Gasteiger partial charge on any atom is 0.0877 e. The van der Waals surface area contributed by atoms with E-state index in [4.69, 9.17) is 4.74 Å². The van der Waals surface area contributed by atoms with Gasteiger partial charge in [-0.1, -0.05) is 6.92 Å². The lowest BCUT2D eigenvalue weighted by Crippen LogP contribution is -2.46. The molecule has 0 aliphatic carbocycles. The third-order valence-electron chi connectivity index (χ3n) is 3.24. The van der Waals surface area contributed by atoms with Crippen molar-refractivity contribution in [3.63, 3.8) is 0 Å². The van der Waals surface area contributed by atoms with Crippen molar-refractivity contribution in [3.8, 4) is 0 Å². The van der Waals surface area contributed by atoms with Crippen LogP contribution < -0.4 is 4.90 Å². The van der Waals surface area contributed by atoms with Gasteiger partial charge in [0.15, 0.2) is 0 Å². The van der Waals surface area contributed by atoms with Crippen molar-refractivity contribution >= 4 is 5.69 Å². The molecule has 0 amide bonds. The van der Waals surface area contributed by atoms with Crippen LogP contribution in [0.3, 0.4) is 0 Å². The lowest BCUT2D eigenvalue weighted by Gasteiger charge is -2.35. The Morgan fingerprint density at radius 1 is 1.44 bits per heavy atom. The van der Waals surface area contributed by atoms with Gasteiger partial charge in [0, 0.05) is 25.3 Å². The summed E-state index contributed by atoms with van der Waals surface area (Å²) in [6, 6.07) is 4.29. The van der Waals surface area contributed by atoms with Gasteiger partial charge < -0.3 is 14.5 Å². The summed E-state index contributed by atoms with van der Waals surface area (Å²) in [4.78, 5) is 9.00. The Morgan fingerprint density at radius 2 is 2.28 bits per heavy atom. The number of morpholine rings is 1. The molecule has 0 N–H and O–H groups in total. The van der Waals surface area contributed by atoms with E-state index in [2.05, 4.69) is 47.9 Å². The molecule has 1 atom stereocenters. The van der Waals surface area contributed by atoms with Crippen LogP contribution in [0.1, 0.15) is 12.6 Å². The first-order chi connectivity index (χ1) is 8.69. The Balaban J connectivity index is 1.98. The van der Waals surface area contributed by atoms with Gasteiger partial charge in [0.1, 0.15) is 0 Å². The summed E-state index contributed by atoms with van der Waals surface area (Å²) in [5.74, 6) is 0. The molecule has 0 unspecified atom stereocenters. The number of rotatable bonds is 4. The zero-order valence-corrected chi connectivity index (χ0v) is 11.6. The van der Waals surface area contributed by atoms with Crippen LogP contribution in [0.4, 0.5) is 5.69 Å². The van der Waals surface area contributed by atoms with Gasteiger partial charge in [-0.05, 0) is 32.6 Å². The minimum atomic E-state index is 0.291. The van der Waals surface area contributed by atoms with Crippen LogP contribution in [0.15, 0.2) is 18.3 Å². The van der Waals surface area contributed by atoms with Crippen molar-refractivity contribution in [1.82, 2.24) is 9.88 Å². The number of hydrogen-bond acceptors (Lipinski definition) is 4. The third-order valence-corrected chi connectivity index (χ3v) is 3.24. The number of anilines is 1. The first kappa shape index (κ1) is 13.3. The molecule has 1 fully saturated rings. The molecule has 0 saturated carbocycles. The second-order valence-electron chi connectivity index (χ2n) is 5.06. The minimum Gasteiger partial charge on any atom is -0.373 e. The largest absolute Gasteiger partial charge is 0.373 e. The molecule has 1 aromatic rings. The normalized spacial score (nSPS) is 20.4. The summed E-state index contributed by atoms with van der Waals surface area (Å²) in [5, 5.41) is 0. The van der Waals surface area contributed by atoms with E-state index < -0.39 is 0 Å². The van der Waals surface area contributed by atoms with Crippen LogP contribution in [0, 0.1) is 0 Å². The fourth-order valence-electron chi connectivity index (χ4n) is 2.28. The summed E-state index contributed by atoms with van der Waals surface area (Å²) in [6.07, 6.45) is 3.27. The van der Waals surface area contributed by atoms with Gasteiger partial charge in [-0.25, -0.2) is 0 Å². The van der Waals surface area contributed by atoms with Gasteiger partial charge in [-0.3, -0.25) is 4.98 Å². The average Bonchev–Trinajstić information content (AvgIpc) is 2.38. The molecule has 0 spiro atoms. The summed E-state index contributed by atoms with van der Waals surface area (Å²) in [6.45, 7) is 5.80. The fourth-order valence-corrected chi connectivity index (χ4v) is 2.28. The number of nitrogens with zero attached hydrogens (tertiary/aromatic N) is 3. The van der Waals surface area contributed by atoms with Gasteiger partial charge in [0.25, 0.3) is 0 Å². The third kappa shape index (κ3) is 3.43. The number of aromatic nitrogens is 1. The number of likely N-dealkylation sites (N-methyl/N-ethyl adjacent to an activating group) is 1. The molecular formula is C14H23N3O. The van der Waals surface area contributed by atoms with Crippen molar-refractivity contribution < 1.29 is 4.74 Å². The average molecular weight is 249 g/mol. The molecule has 1 aromatic heterocycles. The van der Waals surface area contributed by atoms with Crippen molar-refractivity contribution in [2.45, 2.75) is 19.4 Å². The standard InChI is InChI=1S/C14H23N3O/c1-4-12-5-6-13(9-15-12)17-7-8-18-14(11-17)10-16(2)3/h5-6,9,14H,4,7-8,10-11H2,1-3H3/t14-/m0/s1. The van der Waals surface area contributed by atoms with E-state index in [0.29, 0.717) is 6.10 Å². The first-order valence-electron chi connectivity index (χ1n) is 6.65. The second-order valence-corrected chi connectivity index (χ2v) is 5.06. The Morgan fingerprint density at radius 3 is 2.89 bits per heavy atom. The zero-order chi connectivity index (χ0) is 13.0. The number of ether oxygens (including phenoxy) is 1. The summed E-state index contributed by atoms with van der Waals surface area (Å²) in [5.41, 5.74) is 2.36. The molecular weight excluding hydrogens is 226 g/mol. The van der Waals surface area contributed by atoms with Crippen molar-refractivity contribution in [1.29, 1.82) is 0 Å². The van der Waals surface area contributed by atoms with E-state index in [0.717, 1.165) is 38.4 Å². The summed E-state index contributed by atoms with van der Waals surface area (Å²) >= 11 is 0. The molecule has 100 valence electrons. The molecule has 0 aromatic carbocycles. The van der Waals surface area contributed by atoms with Crippen molar-refractivity contribution in [2.24, 2.45) is 0 Å². The Kier molecular flexibility index (Phi) is 4.55. The lowest BCUT2D eigenvalue weighted by molar-refractivity contribution is 0.0247. The van der Waals surface area contributed by atoms with E-state index in [9.17, 15) is 0 Å². The van der Waals surface area contributed by atoms with Gasteiger partial charge >= 0.3 is 0 Å². The number of hydrogen-bond donors (Lipinski definition) is 0. The monoisotopic (exact) mass is 249 g/mol. The first-order valence-corrected chi connectivity index (χ1v) is 6.65. The highest BCUT2D eigenvalue weighted by atomic mass is 16.5. The van der Waals surface area contributed by atoms with Gasteiger partial charge in [0.2, 0.25) is 0 Å². The highest BCUT2D eigenvalue weighted by Gasteiger charge is 2.21. The van der Waals surface area contributed by atoms with Gasteiger partial charge in [-0.2, -0.15) is 0 Å². The van der Waals surface area contributed by atoms with E-state index in [1.54, 1.807) is 0 Å². The van der Waals surface area contributed by atoms with Gasteiger partial charge in [-0.15, -0.1) is 0 Å². The van der Waals surface area contributed by atoms with Crippen LogP contribution in [0.5, 0.6) is 0 Å². The molecule has 0 bridgehead atoms. The predicted molar refractivity (Wildman–Crippen MR) is 74.1 cm³/mol. The summed E-state index contributed by atoms with van der Waals surface area (Å²) in [7, 11) is 4.17. The number of aryl methyl sites for hydroxylation is 1. The summed E-state index contributed by atoms with van der Waals surface area (Å²) < 4.78 is 5.78. The molecule has 1 aliphatic rings. The smallest absolute Gasteiger partial charge is 0.0877 e. The molecule has 0 radical (unpaired) electrons. The van der Waals surface area contributed by atoms with Crippen LogP contribution in [0.25, 0.3) is 0 Å². The fraction of sp³-hybridized carbons (Fsp3) is 0.643. The highest BCUT2D eigenvalue weighted by molar-refractivity contribution is 5.45. The van der Waals surface area contributed by atoms with E-state index >= 15 is 0 Å². The molecule has 1 saturated heterocycles. The van der Waals surface area contributed by atoms with E-state index in [-0.39, 0.29) is 0 Å². The SMILES string of the molecule is CCc1ccc(N2CCO[C@@H](CN(C)C)C2)cn1. The molecule has 1 aliphatic heterocycles. The van der Waals surface area contributed by atoms with Crippen molar-refractivity contribution in [2.75, 3.05) is 45.2 Å². The van der Waals surface area contributed by atoms with E-state index in [1.807, 2.05) is 6.20 Å². The Hall–Kier alpha value is -1.13. The molecule has 4 heteroatoms. The molecule has 18 heavy (non-hydrogen) atoms. The highest BCUT2D eigenvalue weighted by Crippen LogP contribution is 2.17. The minimum absolute atomic E-state index is 0.291. The topological polar surface area (TPSA) is 28.6 Å². The van der Waals surface area contributed by atoms with Crippen LogP contribution in [-0.2, 0) is 11.2 Å². The van der Waals surface area contributed by atoms with Gasteiger partial charge in [0.05, 0.1) is 24.6 Å². The lowest BCUT2D eigenvalue weighted by atomic mass is 10.2. The quantitative estimate of drug-likeness (QED) is 0.807. The molecule has 4 nitrogen and oxygen atoms in total. The van der Waals surface area contributed by atoms with Crippen LogP contribution in [0.2, 0.25) is 0 Å². The van der Waals surface area contributed by atoms with E-state index in [1.165, 1.54) is 5.69 Å². The van der Waals surface area contributed by atoms with Crippen LogP contribution >= 0.6 is 0 Å². The predicted octanol–water partition coefficient (Wildman–Crippen LogP) is 1.41. The van der Waals surface area contributed by atoms with Crippen molar-refractivity contribution in [3.05, 3.63) is 24.0 Å². The maximum absolute atomic E-state index is 5.78. The van der Waals surface area contributed by atoms with Crippen LogP contribution in [-0.4, -0.2) is 56.3 Å². The molecule has 2 heterocycles. The Labute approximate surface area is 110 Å². The Bertz CT molecular complexity index is 364. The molecule has 2 rings (SSSR count). The zero-order valence-electron chi connectivity index (χ0n) is 11.6. The second kappa shape index (κ2) is 6.16.